The van der Waals surface area contributed by atoms with Gasteiger partial charge in [0.05, 0.1) is 4.88 Å². The first-order valence-electron chi connectivity index (χ1n) is 7.58. The van der Waals surface area contributed by atoms with E-state index < -0.39 is 0 Å². The summed E-state index contributed by atoms with van der Waals surface area (Å²) < 4.78 is 5.49. The summed E-state index contributed by atoms with van der Waals surface area (Å²) >= 11 is 1.40. The van der Waals surface area contributed by atoms with E-state index in [9.17, 15) is 9.59 Å². The Morgan fingerprint density at radius 3 is 2.57 bits per heavy atom. The van der Waals surface area contributed by atoms with Gasteiger partial charge in [-0.05, 0) is 55.3 Å². The van der Waals surface area contributed by atoms with Gasteiger partial charge in [-0.1, -0.05) is 18.2 Å². The molecular weight excluding hydrogens is 310 g/mol. The summed E-state index contributed by atoms with van der Waals surface area (Å²) in [5.74, 6) is 0.281. The molecule has 0 aliphatic heterocycles. The van der Waals surface area contributed by atoms with Crippen LogP contribution in [-0.4, -0.2) is 18.4 Å². The minimum absolute atomic E-state index is 0.0984. The molecule has 0 aliphatic rings. The Labute approximate surface area is 140 Å². The summed E-state index contributed by atoms with van der Waals surface area (Å²) in [7, 11) is 0. The van der Waals surface area contributed by atoms with Gasteiger partial charge in [-0.2, -0.15) is 0 Å². The van der Waals surface area contributed by atoms with Gasteiger partial charge < -0.3 is 10.1 Å². The fraction of sp³-hybridized carbons (Fsp3) is 0.333. The predicted octanol–water partition coefficient (Wildman–Crippen LogP) is 3.79. The van der Waals surface area contributed by atoms with Gasteiger partial charge in [-0.25, -0.2) is 0 Å². The van der Waals surface area contributed by atoms with E-state index in [0.717, 1.165) is 16.7 Å². The third kappa shape index (κ3) is 4.66. The average molecular weight is 331 g/mol. The maximum absolute atomic E-state index is 12.0. The van der Waals surface area contributed by atoms with Crippen molar-refractivity contribution in [1.29, 1.82) is 0 Å². The number of amides is 1. The Morgan fingerprint density at radius 2 is 1.87 bits per heavy atom. The Kier molecular flexibility index (Phi) is 5.93. The predicted molar refractivity (Wildman–Crippen MR) is 92.2 cm³/mol. The van der Waals surface area contributed by atoms with Crippen molar-refractivity contribution in [3.8, 4) is 5.75 Å². The van der Waals surface area contributed by atoms with E-state index in [0.29, 0.717) is 23.6 Å². The van der Waals surface area contributed by atoms with Crippen molar-refractivity contribution in [2.45, 2.75) is 33.6 Å². The molecule has 0 fully saturated rings. The number of hydrogen-bond donors (Lipinski definition) is 1. The summed E-state index contributed by atoms with van der Waals surface area (Å²) in [6, 6.07) is 7.58. The second kappa shape index (κ2) is 7.92. The van der Waals surface area contributed by atoms with E-state index in [1.165, 1.54) is 11.3 Å². The number of carbonyl (C=O) groups excluding carboxylic acids is 2. The van der Waals surface area contributed by atoms with Gasteiger partial charge in [0.15, 0.2) is 0 Å². The molecule has 0 aliphatic carbocycles. The van der Waals surface area contributed by atoms with Crippen LogP contribution in [0.2, 0.25) is 0 Å². The van der Waals surface area contributed by atoms with Crippen molar-refractivity contribution in [2.24, 2.45) is 0 Å². The molecule has 0 saturated heterocycles. The Bertz CT molecular complexity index is 693. The fourth-order valence-electron chi connectivity index (χ4n) is 2.18. The molecule has 0 atom stereocenters. The lowest BCUT2D eigenvalue weighted by Gasteiger charge is -2.12. The molecule has 1 amide bonds. The zero-order valence-corrected chi connectivity index (χ0v) is 14.5. The molecule has 1 aromatic carbocycles. The monoisotopic (exact) mass is 331 g/mol. The van der Waals surface area contributed by atoms with Crippen LogP contribution in [0.1, 0.15) is 39.2 Å². The number of carbonyl (C=O) groups is 2. The highest BCUT2D eigenvalue weighted by atomic mass is 32.1. The van der Waals surface area contributed by atoms with Gasteiger partial charge >= 0.3 is 5.97 Å². The standard InChI is InChI=1S/C18H21NO3S/c1-12-8-9-13(2)17(14(12)3)22-16(20)7-4-10-19-18(21)15-6-5-11-23-15/h5-6,8-9,11H,4,7,10H2,1-3H3,(H,19,21). The van der Waals surface area contributed by atoms with Crippen LogP contribution in [-0.2, 0) is 4.79 Å². The second-order valence-electron chi connectivity index (χ2n) is 5.46. The van der Waals surface area contributed by atoms with Crippen molar-refractivity contribution in [1.82, 2.24) is 5.32 Å². The maximum atomic E-state index is 12.0. The van der Waals surface area contributed by atoms with Crippen LogP contribution in [0, 0.1) is 20.8 Å². The molecule has 1 heterocycles. The number of aryl methyl sites for hydroxylation is 2. The van der Waals surface area contributed by atoms with E-state index in [4.69, 9.17) is 4.74 Å². The largest absolute Gasteiger partial charge is 0.426 e. The number of rotatable bonds is 6. The third-order valence-electron chi connectivity index (χ3n) is 3.68. The lowest BCUT2D eigenvalue weighted by molar-refractivity contribution is -0.134. The first-order valence-corrected chi connectivity index (χ1v) is 8.46. The van der Waals surface area contributed by atoms with Crippen molar-refractivity contribution >= 4 is 23.2 Å². The van der Waals surface area contributed by atoms with Crippen LogP contribution in [0.15, 0.2) is 29.6 Å². The maximum Gasteiger partial charge on any atom is 0.311 e. The Morgan fingerprint density at radius 1 is 1.13 bits per heavy atom. The van der Waals surface area contributed by atoms with Crippen molar-refractivity contribution in [3.63, 3.8) is 0 Å². The second-order valence-corrected chi connectivity index (χ2v) is 6.41. The smallest absolute Gasteiger partial charge is 0.311 e. The highest BCUT2D eigenvalue weighted by molar-refractivity contribution is 7.12. The average Bonchev–Trinajstić information content (AvgIpc) is 3.06. The molecule has 0 bridgehead atoms. The first kappa shape index (κ1) is 17.2. The van der Waals surface area contributed by atoms with E-state index in [1.54, 1.807) is 6.07 Å². The van der Waals surface area contributed by atoms with Gasteiger partial charge in [0, 0.05) is 13.0 Å². The summed E-state index contributed by atoms with van der Waals surface area (Å²) in [6.45, 7) is 6.33. The lowest BCUT2D eigenvalue weighted by atomic mass is 10.1. The summed E-state index contributed by atoms with van der Waals surface area (Å²) in [4.78, 5) is 24.4. The Hall–Kier alpha value is -2.14. The molecule has 2 aromatic rings. The SMILES string of the molecule is Cc1ccc(C)c(OC(=O)CCCNC(=O)c2cccs2)c1C. The molecule has 0 radical (unpaired) electrons. The quantitative estimate of drug-likeness (QED) is 0.498. The summed E-state index contributed by atoms with van der Waals surface area (Å²) in [5.41, 5.74) is 3.04. The summed E-state index contributed by atoms with van der Waals surface area (Å²) in [6.07, 6.45) is 0.831. The van der Waals surface area contributed by atoms with Crippen LogP contribution in [0.3, 0.4) is 0 Å². The number of hydrogen-bond acceptors (Lipinski definition) is 4. The minimum atomic E-state index is -0.271. The van der Waals surface area contributed by atoms with Gasteiger partial charge in [0.2, 0.25) is 0 Å². The van der Waals surface area contributed by atoms with Crippen LogP contribution < -0.4 is 10.1 Å². The van der Waals surface area contributed by atoms with Crippen LogP contribution in [0.4, 0.5) is 0 Å². The normalized spacial score (nSPS) is 10.4. The molecule has 5 heteroatoms. The van der Waals surface area contributed by atoms with Crippen molar-refractivity contribution < 1.29 is 14.3 Å². The molecule has 1 N–H and O–H groups in total. The molecule has 0 unspecified atom stereocenters. The lowest BCUT2D eigenvalue weighted by Crippen LogP contribution is -2.24. The molecule has 2 rings (SSSR count). The van der Waals surface area contributed by atoms with Gasteiger partial charge in [0.1, 0.15) is 5.75 Å². The zero-order valence-electron chi connectivity index (χ0n) is 13.6. The molecular formula is C18H21NO3S. The van der Waals surface area contributed by atoms with Crippen LogP contribution in [0.25, 0.3) is 0 Å². The van der Waals surface area contributed by atoms with E-state index >= 15 is 0 Å². The van der Waals surface area contributed by atoms with Gasteiger partial charge in [-0.3, -0.25) is 9.59 Å². The van der Waals surface area contributed by atoms with Crippen molar-refractivity contribution in [3.05, 3.63) is 51.2 Å². The number of thiophene rings is 1. The number of esters is 1. The Balaban J connectivity index is 1.78. The van der Waals surface area contributed by atoms with Gasteiger partial charge in [0.25, 0.3) is 5.91 Å². The molecule has 122 valence electrons. The fourth-order valence-corrected chi connectivity index (χ4v) is 2.82. The molecule has 0 saturated carbocycles. The molecule has 0 spiro atoms. The third-order valence-corrected chi connectivity index (χ3v) is 4.55. The molecule has 4 nitrogen and oxygen atoms in total. The van der Waals surface area contributed by atoms with E-state index in [1.807, 2.05) is 44.4 Å². The molecule has 23 heavy (non-hydrogen) atoms. The molecule has 1 aromatic heterocycles. The number of nitrogens with one attached hydrogen (secondary N) is 1. The minimum Gasteiger partial charge on any atom is -0.426 e. The first-order chi connectivity index (χ1) is 11.0. The zero-order chi connectivity index (χ0) is 16.8. The highest BCUT2D eigenvalue weighted by Gasteiger charge is 2.12. The van der Waals surface area contributed by atoms with Crippen LogP contribution >= 0.6 is 11.3 Å². The van der Waals surface area contributed by atoms with Crippen LogP contribution in [0.5, 0.6) is 5.75 Å². The van der Waals surface area contributed by atoms with E-state index in [2.05, 4.69) is 5.32 Å². The highest BCUT2D eigenvalue weighted by Crippen LogP contribution is 2.26. The number of benzene rings is 1. The van der Waals surface area contributed by atoms with Gasteiger partial charge in [-0.15, -0.1) is 11.3 Å². The topological polar surface area (TPSA) is 55.4 Å². The summed E-state index contributed by atoms with van der Waals surface area (Å²) in [5, 5.41) is 4.66. The van der Waals surface area contributed by atoms with E-state index in [-0.39, 0.29) is 18.3 Å². The van der Waals surface area contributed by atoms with Crippen molar-refractivity contribution in [2.75, 3.05) is 6.54 Å². The number of ether oxygens (including phenoxy) is 1.